The summed E-state index contributed by atoms with van der Waals surface area (Å²) in [5.41, 5.74) is -0.338. The molecule has 0 spiro atoms. The molecule has 0 fully saturated rings. The van der Waals surface area contributed by atoms with E-state index in [2.05, 4.69) is 0 Å². The molecule has 0 saturated heterocycles. The number of methoxy groups -OCH3 is 1. The van der Waals surface area contributed by atoms with Crippen LogP contribution in [0.2, 0.25) is 5.02 Å². The van der Waals surface area contributed by atoms with Gasteiger partial charge in [0.2, 0.25) is 0 Å². The van der Waals surface area contributed by atoms with Crippen LogP contribution >= 0.6 is 23.4 Å². The molecule has 0 aliphatic carbocycles. The van der Waals surface area contributed by atoms with Crippen molar-refractivity contribution in [3.05, 3.63) is 53.1 Å². The van der Waals surface area contributed by atoms with Crippen LogP contribution in [-0.2, 0) is 9.53 Å². The predicted octanol–water partition coefficient (Wildman–Crippen LogP) is 3.82. The number of ether oxygens (including phenoxy) is 2. The Morgan fingerprint density at radius 1 is 1.27 bits per heavy atom. The van der Waals surface area contributed by atoms with Crippen molar-refractivity contribution in [2.24, 2.45) is 0 Å². The minimum Gasteiger partial charge on any atom is -0.497 e. The number of rotatable bonds is 7. The number of hydrogen-bond acceptors (Lipinski definition) is 7. The fourth-order valence-electron chi connectivity index (χ4n) is 3.46. The minimum absolute atomic E-state index is 0.177. The van der Waals surface area contributed by atoms with Crippen molar-refractivity contribution in [1.82, 2.24) is 4.90 Å². The van der Waals surface area contributed by atoms with Gasteiger partial charge in [0.1, 0.15) is 5.75 Å². The zero-order valence-electron chi connectivity index (χ0n) is 17.6. The molecular weight excluding hydrogens is 424 g/mol. The van der Waals surface area contributed by atoms with Crippen LogP contribution in [0.3, 0.4) is 0 Å². The molecule has 8 heteroatoms. The molecule has 0 amide bonds. The summed E-state index contributed by atoms with van der Waals surface area (Å²) >= 11 is 7.66. The molecule has 1 heterocycles. The third-order valence-corrected chi connectivity index (χ3v) is 6.65. The number of carbonyl (C=O) groups excluding carboxylic acids is 1. The van der Waals surface area contributed by atoms with E-state index in [9.17, 15) is 9.90 Å². The lowest BCUT2D eigenvalue weighted by Crippen LogP contribution is -2.61. The number of esters is 1. The third-order valence-electron chi connectivity index (χ3n) is 5.00. The number of anilines is 1. The van der Waals surface area contributed by atoms with E-state index in [1.807, 2.05) is 55.4 Å². The highest BCUT2D eigenvalue weighted by Crippen LogP contribution is 2.54. The maximum Gasteiger partial charge on any atom is 0.361 e. The highest BCUT2D eigenvalue weighted by molar-refractivity contribution is 8.00. The van der Waals surface area contributed by atoms with Gasteiger partial charge < -0.3 is 24.4 Å². The lowest BCUT2D eigenvalue weighted by atomic mass is 9.98. The molecule has 0 bridgehead atoms. The Bertz CT molecular complexity index is 893. The fourth-order valence-corrected chi connectivity index (χ4v) is 5.13. The van der Waals surface area contributed by atoms with Gasteiger partial charge in [0.25, 0.3) is 5.72 Å². The molecule has 1 N–H and O–H groups in total. The normalized spacial score (nSPS) is 20.8. The molecule has 3 rings (SSSR count). The second kappa shape index (κ2) is 9.47. The van der Waals surface area contributed by atoms with Crippen LogP contribution in [0.4, 0.5) is 5.69 Å². The number of carbonyl (C=O) groups is 1. The first-order valence-electron chi connectivity index (χ1n) is 9.73. The Labute approximate surface area is 186 Å². The van der Waals surface area contributed by atoms with Crippen LogP contribution in [0.1, 0.15) is 17.7 Å². The Morgan fingerprint density at radius 2 is 1.97 bits per heavy atom. The Morgan fingerprint density at radius 3 is 2.57 bits per heavy atom. The molecular formula is C22H27ClN2O4S. The highest BCUT2D eigenvalue weighted by atomic mass is 35.5. The average Bonchev–Trinajstić information content (AvgIpc) is 2.72. The van der Waals surface area contributed by atoms with Crippen LogP contribution in [0.5, 0.6) is 5.75 Å². The van der Waals surface area contributed by atoms with Crippen molar-refractivity contribution in [2.45, 2.75) is 22.8 Å². The average molecular weight is 451 g/mol. The summed E-state index contributed by atoms with van der Waals surface area (Å²) in [4.78, 5) is 17.8. The first kappa shape index (κ1) is 22.7. The number of nitrogens with zero attached hydrogens (tertiary/aromatic N) is 2. The van der Waals surface area contributed by atoms with E-state index >= 15 is 0 Å². The Balaban J connectivity index is 2.16. The summed E-state index contributed by atoms with van der Waals surface area (Å²) in [6.07, 6.45) is 0. The number of thioether (sulfide) groups is 1. The Kier molecular flexibility index (Phi) is 7.18. The van der Waals surface area contributed by atoms with E-state index in [0.29, 0.717) is 23.9 Å². The molecule has 2 aromatic carbocycles. The van der Waals surface area contributed by atoms with Gasteiger partial charge in [-0.05, 0) is 56.9 Å². The van der Waals surface area contributed by atoms with Crippen molar-refractivity contribution < 1.29 is 19.4 Å². The number of fused-ring (bicyclic) bond motifs is 1. The maximum absolute atomic E-state index is 13.2. The molecule has 162 valence electrons. The molecule has 30 heavy (non-hydrogen) atoms. The smallest absolute Gasteiger partial charge is 0.361 e. The molecule has 0 radical (unpaired) electrons. The topological polar surface area (TPSA) is 62.2 Å². The van der Waals surface area contributed by atoms with Crippen LogP contribution in [0.15, 0.2) is 47.4 Å². The van der Waals surface area contributed by atoms with Crippen molar-refractivity contribution in [3.8, 4) is 5.75 Å². The summed E-state index contributed by atoms with van der Waals surface area (Å²) in [7, 11) is 5.50. The van der Waals surface area contributed by atoms with Gasteiger partial charge in [-0.15, -0.1) is 11.8 Å². The molecule has 6 nitrogen and oxygen atoms in total. The van der Waals surface area contributed by atoms with E-state index in [1.165, 1.54) is 11.8 Å². The van der Waals surface area contributed by atoms with E-state index in [-0.39, 0.29) is 6.61 Å². The van der Waals surface area contributed by atoms with Gasteiger partial charge in [0.05, 0.1) is 24.7 Å². The van der Waals surface area contributed by atoms with Crippen LogP contribution in [0, 0.1) is 0 Å². The molecule has 0 saturated carbocycles. The first-order valence-corrected chi connectivity index (χ1v) is 11.0. The lowest BCUT2D eigenvalue weighted by molar-refractivity contribution is -0.165. The van der Waals surface area contributed by atoms with Gasteiger partial charge in [-0.2, -0.15) is 0 Å². The lowest BCUT2D eigenvalue weighted by Gasteiger charge is -2.48. The fraction of sp³-hybridized carbons (Fsp3) is 0.409. The Hall–Kier alpha value is -1.93. The molecule has 1 aliphatic heterocycles. The number of halogens is 1. The van der Waals surface area contributed by atoms with Crippen LogP contribution in [0.25, 0.3) is 0 Å². The van der Waals surface area contributed by atoms with Crippen molar-refractivity contribution in [1.29, 1.82) is 0 Å². The second-order valence-corrected chi connectivity index (χ2v) is 8.87. The molecule has 2 unspecified atom stereocenters. The summed E-state index contributed by atoms with van der Waals surface area (Å²) < 4.78 is 10.6. The number of aliphatic hydroxyl groups is 1. The van der Waals surface area contributed by atoms with Gasteiger partial charge >= 0.3 is 5.97 Å². The highest BCUT2D eigenvalue weighted by Gasteiger charge is 2.55. The summed E-state index contributed by atoms with van der Waals surface area (Å²) in [6, 6.07) is 12.8. The third kappa shape index (κ3) is 4.39. The molecule has 1 aliphatic rings. The van der Waals surface area contributed by atoms with Gasteiger partial charge in [-0.25, -0.2) is 4.79 Å². The molecule has 2 atom stereocenters. The standard InChI is InChI=1S/C22H27ClN2O4S/c1-5-29-21(26)22(27)20(15-6-9-17(28-4)10-7-15)30-19-14-16(23)8-11-18(19)25(22)13-12-24(2)3/h6-11,14,20,27H,5,12-13H2,1-4H3. The zero-order chi connectivity index (χ0) is 21.9. The summed E-state index contributed by atoms with van der Waals surface area (Å²) in [6.45, 7) is 2.99. The predicted molar refractivity (Wildman–Crippen MR) is 121 cm³/mol. The van der Waals surface area contributed by atoms with Gasteiger partial charge in [0, 0.05) is 23.0 Å². The molecule has 2 aromatic rings. The number of benzene rings is 2. The monoisotopic (exact) mass is 450 g/mol. The van der Waals surface area contributed by atoms with Gasteiger partial charge in [-0.3, -0.25) is 0 Å². The quantitative estimate of drug-likeness (QED) is 0.643. The van der Waals surface area contributed by atoms with Crippen molar-refractivity contribution >= 4 is 35.0 Å². The van der Waals surface area contributed by atoms with E-state index in [4.69, 9.17) is 21.1 Å². The molecule has 0 aromatic heterocycles. The second-order valence-electron chi connectivity index (χ2n) is 7.28. The summed E-state index contributed by atoms with van der Waals surface area (Å²) in [5.74, 6) is 0.0322. The van der Waals surface area contributed by atoms with E-state index in [0.717, 1.165) is 16.1 Å². The maximum atomic E-state index is 13.2. The van der Waals surface area contributed by atoms with Gasteiger partial charge in [-0.1, -0.05) is 23.7 Å². The first-order chi connectivity index (χ1) is 14.3. The zero-order valence-corrected chi connectivity index (χ0v) is 19.2. The van der Waals surface area contributed by atoms with Crippen LogP contribution in [-0.4, -0.2) is 62.6 Å². The van der Waals surface area contributed by atoms with Gasteiger partial charge in [0.15, 0.2) is 0 Å². The minimum atomic E-state index is -1.88. The van der Waals surface area contributed by atoms with Crippen molar-refractivity contribution in [2.75, 3.05) is 45.8 Å². The SMILES string of the molecule is CCOC(=O)C1(O)C(c2ccc(OC)cc2)Sc2cc(Cl)ccc2N1CCN(C)C. The largest absolute Gasteiger partial charge is 0.497 e. The number of likely N-dealkylation sites (N-methyl/N-ethyl adjacent to an activating group) is 1. The summed E-state index contributed by atoms with van der Waals surface area (Å²) in [5, 5.41) is 11.9. The number of hydrogen-bond donors (Lipinski definition) is 1. The van der Waals surface area contributed by atoms with E-state index < -0.39 is 16.9 Å². The van der Waals surface area contributed by atoms with Crippen LogP contribution < -0.4 is 9.64 Å². The van der Waals surface area contributed by atoms with E-state index in [1.54, 1.807) is 25.0 Å². The van der Waals surface area contributed by atoms with Crippen molar-refractivity contribution in [3.63, 3.8) is 0 Å².